The predicted molar refractivity (Wildman–Crippen MR) is 96.0 cm³/mol. The van der Waals surface area contributed by atoms with Gasteiger partial charge >= 0.3 is 0 Å². The van der Waals surface area contributed by atoms with Gasteiger partial charge in [0.1, 0.15) is 0 Å². The summed E-state index contributed by atoms with van der Waals surface area (Å²) in [7, 11) is 0. The van der Waals surface area contributed by atoms with E-state index in [4.69, 9.17) is 0 Å². The Morgan fingerprint density at radius 2 is 1.76 bits per heavy atom. The molecule has 0 amide bonds. The summed E-state index contributed by atoms with van der Waals surface area (Å²) in [4.78, 5) is 2.53. The first-order valence-electron chi connectivity index (χ1n) is 7.50. The Balaban J connectivity index is 2.06. The first kappa shape index (κ1) is 16.6. The molecule has 0 aliphatic carbocycles. The Morgan fingerprint density at radius 1 is 1.05 bits per heavy atom. The number of nitrogens with one attached hydrogen (secondary N) is 1. The minimum Gasteiger partial charge on any atom is -0.310 e. The summed E-state index contributed by atoms with van der Waals surface area (Å²) in [5.41, 5.74) is 1.38. The van der Waals surface area contributed by atoms with Gasteiger partial charge in [0, 0.05) is 20.3 Å². The lowest BCUT2D eigenvalue weighted by molar-refractivity contribution is 0.518. The molecule has 2 rings (SSSR count). The van der Waals surface area contributed by atoms with E-state index in [0.717, 1.165) is 17.4 Å². The van der Waals surface area contributed by atoms with E-state index in [9.17, 15) is 0 Å². The van der Waals surface area contributed by atoms with E-state index in [1.54, 1.807) is 11.8 Å². The van der Waals surface area contributed by atoms with E-state index in [1.165, 1.54) is 21.8 Å². The zero-order valence-electron chi connectivity index (χ0n) is 12.6. The second kappa shape index (κ2) is 8.62. The van der Waals surface area contributed by atoms with Crippen molar-refractivity contribution in [3.63, 3.8) is 0 Å². The lowest BCUT2D eigenvalue weighted by Gasteiger charge is -2.17. The van der Waals surface area contributed by atoms with Crippen molar-refractivity contribution < 1.29 is 0 Å². The first-order chi connectivity index (χ1) is 10.2. The molecule has 21 heavy (non-hydrogen) atoms. The molecule has 0 heterocycles. The fourth-order valence-corrected chi connectivity index (χ4v) is 3.60. The second-order valence-electron chi connectivity index (χ2n) is 5.02. The van der Waals surface area contributed by atoms with E-state index >= 15 is 0 Å². The Hall–Kier alpha value is -0.770. The zero-order valence-corrected chi connectivity index (χ0v) is 15.0. The Bertz CT molecular complexity index is 553. The highest BCUT2D eigenvalue weighted by Crippen LogP contribution is 2.33. The molecule has 3 heteroatoms. The van der Waals surface area contributed by atoms with E-state index < -0.39 is 0 Å². The third-order valence-corrected chi connectivity index (χ3v) is 5.43. The molecule has 1 nitrogen and oxygen atoms in total. The number of hydrogen-bond donors (Lipinski definition) is 1. The first-order valence-corrected chi connectivity index (χ1v) is 9.11. The van der Waals surface area contributed by atoms with Gasteiger partial charge in [-0.3, -0.25) is 0 Å². The van der Waals surface area contributed by atoms with Crippen molar-refractivity contribution in [1.82, 2.24) is 5.32 Å². The van der Waals surface area contributed by atoms with Crippen LogP contribution < -0.4 is 5.32 Å². The highest BCUT2D eigenvalue weighted by atomic mass is 79.9. The summed E-state index contributed by atoms with van der Waals surface area (Å²) in [5, 5.41) is 3.60. The van der Waals surface area contributed by atoms with Crippen molar-refractivity contribution in [2.45, 2.75) is 42.5 Å². The number of rotatable bonds is 7. The standard InChI is InChI=1S/C18H22BrNS/c1-3-13-20-17(4-2)14-9-11-15(12-10-14)21-18-8-6-5-7-16(18)19/h5-12,17,20H,3-4,13H2,1-2H3. The zero-order chi connectivity index (χ0) is 15.1. The van der Waals surface area contributed by atoms with Crippen molar-refractivity contribution >= 4 is 27.7 Å². The molecule has 2 aromatic carbocycles. The predicted octanol–water partition coefficient (Wildman–Crippen LogP) is 6.05. The lowest BCUT2D eigenvalue weighted by Crippen LogP contribution is -2.21. The summed E-state index contributed by atoms with van der Waals surface area (Å²) in [6.07, 6.45) is 2.29. The molecule has 0 saturated heterocycles. The molecular formula is C18H22BrNS. The van der Waals surface area contributed by atoms with Gasteiger partial charge in [0.15, 0.2) is 0 Å². The maximum absolute atomic E-state index is 3.60. The monoisotopic (exact) mass is 363 g/mol. The number of benzene rings is 2. The maximum Gasteiger partial charge on any atom is 0.0317 e. The molecule has 1 unspecified atom stereocenters. The van der Waals surface area contributed by atoms with E-state index in [0.29, 0.717) is 6.04 Å². The topological polar surface area (TPSA) is 12.0 Å². The molecule has 112 valence electrons. The molecule has 0 spiro atoms. The highest BCUT2D eigenvalue weighted by molar-refractivity contribution is 9.10. The summed E-state index contributed by atoms with van der Waals surface area (Å²) >= 11 is 5.39. The Morgan fingerprint density at radius 3 is 2.38 bits per heavy atom. The molecular weight excluding hydrogens is 342 g/mol. The van der Waals surface area contributed by atoms with Crippen molar-refractivity contribution in [2.24, 2.45) is 0 Å². The SMILES string of the molecule is CCCNC(CC)c1ccc(Sc2ccccc2Br)cc1. The fourth-order valence-electron chi connectivity index (χ4n) is 2.24. The van der Waals surface area contributed by atoms with Gasteiger partial charge in [-0.05, 0) is 65.1 Å². The molecule has 0 aliphatic rings. The summed E-state index contributed by atoms with van der Waals surface area (Å²) in [6, 6.07) is 17.7. The van der Waals surface area contributed by atoms with Crippen LogP contribution in [0.1, 0.15) is 38.3 Å². The minimum atomic E-state index is 0.465. The number of halogens is 1. The van der Waals surface area contributed by atoms with Crippen LogP contribution in [-0.2, 0) is 0 Å². The van der Waals surface area contributed by atoms with Gasteiger partial charge in [-0.25, -0.2) is 0 Å². The van der Waals surface area contributed by atoms with Crippen LogP contribution in [0, 0.1) is 0 Å². The van der Waals surface area contributed by atoms with Crippen molar-refractivity contribution in [1.29, 1.82) is 0 Å². The summed E-state index contributed by atoms with van der Waals surface area (Å²) in [5.74, 6) is 0. The average Bonchev–Trinajstić information content (AvgIpc) is 2.52. The van der Waals surface area contributed by atoms with Crippen molar-refractivity contribution in [3.05, 3.63) is 58.6 Å². The van der Waals surface area contributed by atoms with Crippen molar-refractivity contribution in [3.8, 4) is 0 Å². The second-order valence-corrected chi connectivity index (χ2v) is 6.99. The van der Waals surface area contributed by atoms with Crippen LogP contribution in [-0.4, -0.2) is 6.54 Å². The molecule has 1 atom stereocenters. The van der Waals surface area contributed by atoms with E-state index in [2.05, 4.69) is 77.6 Å². The fraction of sp³-hybridized carbons (Fsp3) is 0.333. The number of hydrogen-bond acceptors (Lipinski definition) is 2. The van der Waals surface area contributed by atoms with Crippen LogP contribution in [0.5, 0.6) is 0 Å². The van der Waals surface area contributed by atoms with Crippen LogP contribution in [0.25, 0.3) is 0 Å². The molecule has 2 aromatic rings. The third kappa shape index (κ3) is 4.87. The van der Waals surface area contributed by atoms with Crippen LogP contribution in [0.15, 0.2) is 62.8 Å². The van der Waals surface area contributed by atoms with Gasteiger partial charge in [-0.15, -0.1) is 0 Å². The van der Waals surface area contributed by atoms with Crippen LogP contribution in [0.2, 0.25) is 0 Å². The van der Waals surface area contributed by atoms with Gasteiger partial charge in [0.2, 0.25) is 0 Å². The van der Waals surface area contributed by atoms with Gasteiger partial charge in [0.05, 0.1) is 0 Å². The largest absolute Gasteiger partial charge is 0.310 e. The van der Waals surface area contributed by atoms with Crippen LogP contribution in [0.3, 0.4) is 0 Å². The van der Waals surface area contributed by atoms with E-state index in [1.807, 2.05) is 6.07 Å². The van der Waals surface area contributed by atoms with Crippen LogP contribution >= 0.6 is 27.7 Å². The van der Waals surface area contributed by atoms with Crippen molar-refractivity contribution in [2.75, 3.05) is 6.54 Å². The molecule has 1 N–H and O–H groups in total. The molecule has 0 aliphatic heterocycles. The quantitative estimate of drug-likeness (QED) is 0.642. The molecule has 0 saturated carbocycles. The Labute approximate surface area is 140 Å². The molecule has 0 fully saturated rings. The smallest absolute Gasteiger partial charge is 0.0317 e. The van der Waals surface area contributed by atoms with Gasteiger partial charge in [-0.2, -0.15) is 0 Å². The van der Waals surface area contributed by atoms with E-state index in [-0.39, 0.29) is 0 Å². The molecule has 0 radical (unpaired) electrons. The van der Waals surface area contributed by atoms with Crippen LogP contribution in [0.4, 0.5) is 0 Å². The minimum absolute atomic E-state index is 0.465. The third-order valence-electron chi connectivity index (χ3n) is 3.40. The van der Waals surface area contributed by atoms with Gasteiger partial charge < -0.3 is 5.32 Å². The molecule has 0 bridgehead atoms. The van der Waals surface area contributed by atoms with Gasteiger partial charge in [-0.1, -0.05) is 49.9 Å². The summed E-state index contributed by atoms with van der Waals surface area (Å²) in [6.45, 7) is 5.51. The van der Waals surface area contributed by atoms with Gasteiger partial charge in [0.25, 0.3) is 0 Å². The summed E-state index contributed by atoms with van der Waals surface area (Å²) < 4.78 is 1.15. The average molecular weight is 364 g/mol. The maximum atomic E-state index is 3.60. The highest BCUT2D eigenvalue weighted by Gasteiger charge is 2.08. The Kier molecular flexibility index (Phi) is 6.81. The lowest BCUT2D eigenvalue weighted by atomic mass is 10.0. The normalized spacial score (nSPS) is 12.3. The molecule has 0 aromatic heterocycles.